The van der Waals surface area contributed by atoms with Gasteiger partial charge in [0.25, 0.3) is 0 Å². The van der Waals surface area contributed by atoms with Crippen LogP contribution in [0.1, 0.15) is 265 Å². The van der Waals surface area contributed by atoms with Gasteiger partial charge in [0.15, 0.2) is 6.10 Å². The fourth-order valence-corrected chi connectivity index (χ4v) is 7.93. The Balaban J connectivity index is 4.53. The molecule has 0 rings (SSSR count). The predicted molar refractivity (Wildman–Crippen MR) is 316 cm³/mol. The minimum atomic E-state index is -0.825. The summed E-state index contributed by atoms with van der Waals surface area (Å²) in [5.74, 6) is -1.00. The second-order valence-electron chi connectivity index (χ2n) is 19.5. The second kappa shape index (κ2) is 60.4. The van der Waals surface area contributed by atoms with E-state index < -0.39 is 6.10 Å². The van der Waals surface area contributed by atoms with E-state index >= 15 is 0 Å². The summed E-state index contributed by atoms with van der Waals surface area (Å²) in [5.41, 5.74) is 0. The fourth-order valence-electron chi connectivity index (χ4n) is 7.93. The van der Waals surface area contributed by atoms with Crippen LogP contribution in [0.2, 0.25) is 0 Å². The monoisotopic (exact) mass is 1010 g/mol. The van der Waals surface area contributed by atoms with E-state index in [2.05, 4.69) is 142 Å². The second-order valence-corrected chi connectivity index (χ2v) is 19.5. The van der Waals surface area contributed by atoms with Gasteiger partial charge < -0.3 is 14.2 Å². The molecule has 0 aliphatic heterocycles. The van der Waals surface area contributed by atoms with Crippen LogP contribution in [0.25, 0.3) is 0 Å². The smallest absolute Gasteiger partial charge is 0.306 e. The Morgan fingerprint density at radius 1 is 0.288 bits per heavy atom. The molecule has 414 valence electrons. The van der Waals surface area contributed by atoms with Gasteiger partial charge in [-0.3, -0.25) is 14.4 Å². The Kier molecular flexibility index (Phi) is 56.9. The first-order chi connectivity index (χ1) is 36.0. The molecule has 0 unspecified atom stereocenters. The summed E-state index contributed by atoms with van der Waals surface area (Å²) in [4.78, 5) is 38.2. The Morgan fingerprint density at radius 3 is 0.918 bits per heavy atom. The van der Waals surface area contributed by atoms with Crippen molar-refractivity contribution < 1.29 is 28.6 Å². The molecule has 0 N–H and O–H groups in total. The van der Waals surface area contributed by atoms with Crippen LogP contribution in [0.4, 0.5) is 0 Å². The highest BCUT2D eigenvalue weighted by Crippen LogP contribution is 2.14. The Bertz CT molecular complexity index is 1540. The molecular formula is C67H110O6. The molecule has 0 heterocycles. The van der Waals surface area contributed by atoms with Crippen molar-refractivity contribution in [3.05, 3.63) is 122 Å². The third kappa shape index (κ3) is 58.6. The molecule has 1 atom stereocenters. The van der Waals surface area contributed by atoms with Gasteiger partial charge in [0.05, 0.1) is 0 Å². The molecule has 0 aromatic rings. The third-order valence-electron chi connectivity index (χ3n) is 12.4. The summed E-state index contributed by atoms with van der Waals surface area (Å²) in [6, 6.07) is 0. The van der Waals surface area contributed by atoms with Crippen LogP contribution in [0.15, 0.2) is 122 Å². The molecule has 0 saturated heterocycles. The average molecular weight is 1010 g/mol. The van der Waals surface area contributed by atoms with Gasteiger partial charge in [-0.05, 0) is 128 Å². The molecule has 0 bridgehead atoms. The standard InChI is InChI=1S/C67H110O6/c1-4-7-10-13-16-19-22-25-28-31-33-36-38-41-44-47-50-53-56-59-65(68)71-62-64(73-67(70)61-58-55-52-49-46-43-40-35-30-27-24-21-18-15-12-9-6-3)63-72-66(69)60-57-54-51-48-45-42-39-37-34-32-29-26-23-20-17-14-11-8-5-2/h7,10,16-17,19-20,25-30,33,36,40-41,43-44,49,52,64H,4-6,8-9,11-15,18,21-24,31-32,34-35,37-39,42,45-48,50-51,53-63H2,1-3H3/b10-7-,19-16-,20-17-,28-25-,29-26-,30-27-,36-33-,43-40-,44-41-,52-49-/t64-/m1/s1. The lowest BCUT2D eigenvalue weighted by molar-refractivity contribution is -0.167. The van der Waals surface area contributed by atoms with Crippen molar-refractivity contribution in [1.29, 1.82) is 0 Å². The highest BCUT2D eigenvalue weighted by molar-refractivity contribution is 5.71. The van der Waals surface area contributed by atoms with Crippen LogP contribution in [0, 0.1) is 0 Å². The van der Waals surface area contributed by atoms with Crippen LogP contribution < -0.4 is 0 Å². The van der Waals surface area contributed by atoms with Crippen molar-refractivity contribution in [3.63, 3.8) is 0 Å². The van der Waals surface area contributed by atoms with E-state index in [4.69, 9.17) is 14.2 Å². The molecule has 0 amide bonds. The number of rotatable bonds is 53. The van der Waals surface area contributed by atoms with Gasteiger partial charge in [-0.25, -0.2) is 0 Å². The Labute approximate surface area is 450 Å². The first-order valence-corrected chi connectivity index (χ1v) is 30.0. The largest absolute Gasteiger partial charge is 0.462 e. The molecule has 0 aliphatic rings. The summed E-state index contributed by atoms with van der Waals surface area (Å²) >= 11 is 0. The number of carbonyl (C=O) groups is 3. The van der Waals surface area contributed by atoms with E-state index in [-0.39, 0.29) is 37.5 Å². The molecule has 0 fully saturated rings. The van der Waals surface area contributed by atoms with Gasteiger partial charge in [0.1, 0.15) is 13.2 Å². The zero-order valence-electron chi connectivity index (χ0n) is 47.4. The molecule has 0 aliphatic carbocycles. The molecule has 0 aromatic heterocycles. The Morgan fingerprint density at radius 2 is 0.548 bits per heavy atom. The summed E-state index contributed by atoms with van der Waals surface area (Å²) < 4.78 is 16.8. The van der Waals surface area contributed by atoms with Gasteiger partial charge in [-0.15, -0.1) is 0 Å². The minimum Gasteiger partial charge on any atom is -0.462 e. The van der Waals surface area contributed by atoms with Crippen LogP contribution in [0.3, 0.4) is 0 Å². The van der Waals surface area contributed by atoms with E-state index in [1.807, 2.05) is 0 Å². The number of hydrogen-bond donors (Lipinski definition) is 0. The molecule has 0 aromatic carbocycles. The predicted octanol–water partition coefficient (Wildman–Crippen LogP) is 20.4. The van der Waals surface area contributed by atoms with Crippen LogP contribution >= 0.6 is 0 Å². The van der Waals surface area contributed by atoms with Gasteiger partial charge in [-0.1, -0.05) is 239 Å². The van der Waals surface area contributed by atoms with Crippen molar-refractivity contribution in [1.82, 2.24) is 0 Å². The quantitative estimate of drug-likeness (QED) is 0.0261. The Hall–Kier alpha value is -4.19. The zero-order valence-corrected chi connectivity index (χ0v) is 47.4. The highest BCUT2D eigenvalue weighted by Gasteiger charge is 2.19. The number of allylic oxidation sites excluding steroid dienone is 20. The highest BCUT2D eigenvalue weighted by atomic mass is 16.6. The van der Waals surface area contributed by atoms with E-state index in [0.717, 1.165) is 103 Å². The first kappa shape index (κ1) is 68.8. The van der Waals surface area contributed by atoms with Crippen molar-refractivity contribution in [3.8, 4) is 0 Å². The number of hydrogen-bond acceptors (Lipinski definition) is 6. The van der Waals surface area contributed by atoms with E-state index in [9.17, 15) is 14.4 Å². The van der Waals surface area contributed by atoms with Crippen LogP contribution in [0.5, 0.6) is 0 Å². The molecule has 0 spiro atoms. The number of ether oxygens (including phenoxy) is 3. The number of carbonyl (C=O) groups excluding carboxylic acids is 3. The molecule has 73 heavy (non-hydrogen) atoms. The maximum Gasteiger partial charge on any atom is 0.306 e. The lowest BCUT2D eigenvalue weighted by atomic mass is 10.1. The topological polar surface area (TPSA) is 78.9 Å². The van der Waals surface area contributed by atoms with Gasteiger partial charge in [0.2, 0.25) is 0 Å². The summed E-state index contributed by atoms with van der Waals surface area (Å²) in [6.07, 6.45) is 83.4. The van der Waals surface area contributed by atoms with Gasteiger partial charge in [0, 0.05) is 19.3 Å². The van der Waals surface area contributed by atoms with E-state index in [1.54, 1.807) is 0 Å². The molecule has 0 radical (unpaired) electrons. The number of esters is 3. The SMILES string of the molecule is CC/C=C\C/C=C\C/C=C\C/C=C\C/C=C\CCCCCC(=O)OC[C@H](COC(=O)CCCCCCCCCCC/C=C\C/C=C\CCCCC)OC(=O)CCC/C=C\C/C=C\C/C=C\CCCCCCCC. The average Bonchev–Trinajstić information content (AvgIpc) is 3.39. The van der Waals surface area contributed by atoms with Gasteiger partial charge in [-0.2, -0.15) is 0 Å². The van der Waals surface area contributed by atoms with E-state index in [0.29, 0.717) is 19.3 Å². The molecular weight excluding hydrogens is 901 g/mol. The first-order valence-electron chi connectivity index (χ1n) is 30.0. The lowest BCUT2D eigenvalue weighted by Gasteiger charge is -2.18. The number of unbranched alkanes of at least 4 members (excludes halogenated alkanes) is 22. The van der Waals surface area contributed by atoms with E-state index in [1.165, 1.54) is 116 Å². The van der Waals surface area contributed by atoms with Crippen molar-refractivity contribution in [2.45, 2.75) is 271 Å². The molecule has 6 nitrogen and oxygen atoms in total. The fraction of sp³-hybridized carbons (Fsp3) is 0.657. The van der Waals surface area contributed by atoms with Crippen molar-refractivity contribution >= 4 is 17.9 Å². The third-order valence-corrected chi connectivity index (χ3v) is 12.4. The summed E-state index contributed by atoms with van der Waals surface area (Å²) in [5, 5.41) is 0. The van der Waals surface area contributed by atoms with Crippen LogP contribution in [-0.4, -0.2) is 37.2 Å². The lowest BCUT2D eigenvalue weighted by Crippen LogP contribution is -2.30. The summed E-state index contributed by atoms with van der Waals surface area (Å²) in [6.45, 7) is 6.43. The minimum absolute atomic E-state index is 0.114. The zero-order chi connectivity index (χ0) is 52.9. The maximum atomic E-state index is 12.9. The van der Waals surface area contributed by atoms with Crippen molar-refractivity contribution in [2.24, 2.45) is 0 Å². The normalized spacial score (nSPS) is 13.0. The maximum absolute atomic E-state index is 12.9. The van der Waals surface area contributed by atoms with Gasteiger partial charge >= 0.3 is 17.9 Å². The van der Waals surface area contributed by atoms with Crippen LogP contribution in [-0.2, 0) is 28.6 Å². The van der Waals surface area contributed by atoms with Crippen molar-refractivity contribution in [2.75, 3.05) is 13.2 Å². The summed E-state index contributed by atoms with van der Waals surface area (Å²) in [7, 11) is 0. The molecule has 6 heteroatoms. The molecule has 0 saturated carbocycles.